The van der Waals surface area contributed by atoms with E-state index in [4.69, 9.17) is 15.6 Å². The third-order valence-electron chi connectivity index (χ3n) is 3.69. The van der Waals surface area contributed by atoms with Gasteiger partial charge in [0.15, 0.2) is 29.5 Å². The number of hydrogen-bond acceptors (Lipinski definition) is 7. The Labute approximate surface area is 121 Å². The van der Waals surface area contributed by atoms with E-state index in [9.17, 15) is 18.3 Å². The Morgan fingerprint density at radius 3 is 2.73 bits per heavy atom. The quantitative estimate of drug-likeness (QED) is 0.706. The van der Waals surface area contributed by atoms with E-state index in [0.717, 1.165) is 17.2 Å². The molecule has 1 aliphatic heterocycles. The Kier molecular flexibility index (Phi) is 3.42. The zero-order valence-corrected chi connectivity index (χ0v) is 11.0. The van der Waals surface area contributed by atoms with Crippen molar-refractivity contribution >= 4 is 17.0 Å². The third kappa shape index (κ3) is 1.86. The molecule has 22 heavy (non-hydrogen) atoms. The van der Waals surface area contributed by atoms with Gasteiger partial charge in [-0.25, -0.2) is 28.1 Å². The van der Waals surface area contributed by atoms with E-state index in [1.165, 1.54) is 0 Å². The Balaban J connectivity index is 2.06. The van der Waals surface area contributed by atoms with Gasteiger partial charge >= 0.3 is 0 Å². The summed E-state index contributed by atoms with van der Waals surface area (Å²) in [6.07, 6.45) is -7.14. The lowest BCUT2D eigenvalue weighted by Crippen LogP contribution is -2.51. The number of nitrogen functional groups attached to an aromatic ring is 1. The maximum Gasteiger partial charge on any atom is 0.272 e. The fourth-order valence-corrected chi connectivity index (χ4v) is 2.43. The molecule has 1 aliphatic rings. The summed E-state index contributed by atoms with van der Waals surface area (Å²) in [5, 5.41) is 18.9. The van der Waals surface area contributed by atoms with Crippen LogP contribution in [0.1, 0.15) is 6.23 Å². The van der Waals surface area contributed by atoms with E-state index in [1.807, 2.05) is 0 Å². The van der Waals surface area contributed by atoms with E-state index >= 15 is 0 Å². The first-order valence-corrected chi connectivity index (χ1v) is 6.24. The van der Waals surface area contributed by atoms with Gasteiger partial charge in [0.1, 0.15) is 17.9 Å². The highest BCUT2D eigenvalue weighted by atomic mass is 19.3. The van der Waals surface area contributed by atoms with E-state index in [1.54, 1.807) is 0 Å². The largest absolute Gasteiger partial charge is 0.393 e. The van der Waals surface area contributed by atoms with Crippen LogP contribution in [0.25, 0.3) is 11.2 Å². The minimum atomic E-state index is -3.29. The second kappa shape index (κ2) is 5.04. The Bertz CT molecular complexity index is 699. The molecular formula is C11H12F3N5O3. The van der Waals surface area contributed by atoms with Crippen molar-refractivity contribution in [3.05, 3.63) is 12.7 Å². The fourth-order valence-electron chi connectivity index (χ4n) is 2.43. The van der Waals surface area contributed by atoms with E-state index in [0.29, 0.717) is 0 Å². The fraction of sp³-hybridized carbons (Fsp3) is 0.545. The van der Waals surface area contributed by atoms with Gasteiger partial charge in [-0.3, -0.25) is 4.57 Å². The maximum atomic E-state index is 14.3. The molecule has 11 heteroatoms. The third-order valence-corrected chi connectivity index (χ3v) is 3.69. The normalized spacial score (nSPS) is 32.2. The van der Waals surface area contributed by atoms with Crippen LogP contribution in [0, 0.1) is 0 Å². The van der Waals surface area contributed by atoms with Crippen LogP contribution in [0.5, 0.6) is 0 Å². The lowest BCUT2D eigenvalue weighted by molar-refractivity contribution is -0.194. The number of halogens is 3. The van der Waals surface area contributed by atoms with Crippen LogP contribution in [-0.2, 0) is 4.74 Å². The molecule has 0 spiro atoms. The number of anilines is 1. The summed E-state index contributed by atoms with van der Waals surface area (Å²) < 4.78 is 46.5. The van der Waals surface area contributed by atoms with Gasteiger partial charge in [-0.05, 0) is 0 Å². The summed E-state index contributed by atoms with van der Waals surface area (Å²) >= 11 is 0. The van der Waals surface area contributed by atoms with Crippen LogP contribution in [0.4, 0.5) is 19.0 Å². The van der Waals surface area contributed by atoms with Gasteiger partial charge in [-0.15, -0.1) is 0 Å². The minimum absolute atomic E-state index is 0.0278. The predicted octanol–water partition coefficient (Wildman–Crippen LogP) is -0.368. The summed E-state index contributed by atoms with van der Waals surface area (Å²) in [5.41, 5.74) is 3.09. The number of fused-ring (bicyclic) bond motifs is 1. The van der Waals surface area contributed by atoms with Crippen molar-refractivity contribution in [2.24, 2.45) is 0 Å². The lowest BCUT2D eigenvalue weighted by atomic mass is 9.97. The molecule has 1 fully saturated rings. The molecule has 4 atom stereocenters. The molecule has 0 radical (unpaired) electrons. The van der Waals surface area contributed by atoms with Gasteiger partial charge in [0.05, 0.1) is 12.9 Å². The smallest absolute Gasteiger partial charge is 0.272 e. The Morgan fingerprint density at radius 1 is 1.41 bits per heavy atom. The van der Waals surface area contributed by atoms with Gasteiger partial charge < -0.3 is 20.7 Å². The minimum Gasteiger partial charge on any atom is -0.393 e. The van der Waals surface area contributed by atoms with Crippen LogP contribution in [-0.4, -0.2) is 60.6 Å². The summed E-state index contributed by atoms with van der Waals surface area (Å²) in [7, 11) is 0. The molecular weight excluding hydrogens is 307 g/mol. The van der Waals surface area contributed by atoms with Gasteiger partial charge in [-0.2, -0.15) is 0 Å². The number of imidazole rings is 1. The molecule has 3 heterocycles. The second-order valence-corrected chi connectivity index (χ2v) is 4.89. The Hall–Kier alpha value is -1.98. The molecule has 2 aromatic heterocycles. The number of aliphatic hydroxyl groups is 2. The topological polar surface area (TPSA) is 119 Å². The van der Waals surface area contributed by atoms with E-state index in [2.05, 4.69) is 15.0 Å². The molecule has 0 aromatic carbocycles. The zero-order chi connectivity index (χ0) is 16.1. The SMILES string of the molecule is Nc1ncnc2c1ncn2[C@@H]1O[C@@](CO)(C(F)F)C(O)C1F. The number of alkyl halides is 3. The van der Waals surface area contributed by atoms with Crippen LogP contribution in [0.3, 0.4) is 0 Å². The Morgan fingerprint density at radius 2 is 2.14 bits per heavy atom. The number of hydrogen-bond donors (Lipinski definition) is 3. The molecule has 1 saturated heterocycles. The van der Waals surface area contributed by atoms with Crippen LogP contribution < -0.4 is 5.73 Å². The molecule has 8 nitrogen and oxygen atoms in total. The van der Waals surface area contributed by atoms with Crippen molar-refractivity contribution < 1.29 is 28.1 Å². The van der Waals surface area contributed by atoms with Crippen molar-refractivity contribution in [3.63, 3.8) is 0 Å². The van der Waals surface area contributed by atoms with E-state index < -0.39 is 37.1 Å². The zero-order valence-electron chi connectivity index (χ0n) is 11.0. The monoisotopic (exact) mass is 319 g/mol. The highest BCUT2D eigenvalue weighted by Gasteiger charge is 2.61. The highest BCUT2D eigenvalue weighted by molar-refractivity contribution is 5.81. The number of aromatic nitrogens is 4. The van der Waals surface area contributed by atoms with Crippen molar-refractivity contribution in [2.45, 2.75) is 30.5 Å². The molecule has 120 valence electrons. The van der Waals surface area contributed by atoms with Crippen molar-refractivity contribution in [1.29, 1.82) is 0 Å². The molecule has 0 amide bonds. The van der Waals surface area contributed by atoms with Gasteiger partial charge in [0, 0.05) is 0 Å². The van der Waals surface area contributed by atoms with E-state index in [-0.39, 0.29) is 17.0 Å². The first-order valence-electron chi connectivity index (χ1n) is 6.24. The standard InChI is InChI=1S/C11H12F3N5O3/c12-4-6(21)11(1-20,10(13)14)22-9(4)19-3-18-5-7(15)16-2-17-8(5)19/h2-4,6,9-10,20-21H,1H2,(H2,15,16,17)/t4?,6?,9-,11-/m1/s1. The second-order valence-electron chi connectivity index (χ2n) is 4.89. The van der Waals surface area contributed by atoms with Crippen LogP contribution in [0.15, 0.2) is 12.7 Å². The van der Waals surface area contributed by atoms with Crippen LogP contribution >= 0.6 is 0 Å². The number of rotatable bonds is 3. The van der Waals surface area contributed by atoms with Crippen molar-refractivity contribution in [3.8, 4) is 0 Å². The first kappa shape index (κ1) is 14.9. The predicted molar refractivity (Wildman–Crippen MR) is 66.6 cm³/mol. The summed E-state index contributed by atoms with van der Waals surface area (Å²) in [4.78, 5) is 11.4. The van der Waals surface area contributed by atoms with Crippen LogP contribution in [0.2, 0.25) is 0 Å². The average molecular weight is 319 g/mol. The number of ether oxygens (including phenoxy) is 1. The molecule has 2 aromatic rings. The number of aliphatic hydroxyl groups excluding tert-OH is 2. The number of nitrogens with zero attached hydrogens (tertiary/aromatic N) is 4. The van der Waals surface area contributed by atoms with Gasteiger partial charge in [0.2, 0.25) is 0 Å². The molecule has 0 saturated carbocycles. The number of nitrogens with two attached hydrogens (primary N) is 1. The molecule has 3 rings (SSSR count). The van der Waals surface area contributed by atoms with Gasteiger partial charge in [-0.1, -0.05) is 0 Å². The molecule has 2 unspecified atom stereocenters. The molecule has 4 N–H and O–H groups in total. The van der Waals surface area contributed by atoms with Gasteiger partial charge in [0.25, 0.3) is 6.43 Å². The van der Waals surface area contributed by atoms with Crippen molar-refractivity contribution in [1.82, 2.24) is 19.5 Å². The average Bonchev–Trinajstić information content (AvgIpc) is 3.02. The summed E-state index contributed by atoms with van der Waals surface area (Å²) in [6.45, 7) is -1.24. The molecule has 0 aliphatic carbocycles. The van der Waals surface area contributed by atoms with Crippen molar-refractivity contribution in [2.75, 3.05) is 12.3 Å². The lowest BCUT2D eigenvalue weighted by Gasteiger charge is -2.28. The first-order chi connectivity index (χ1) is 10.4. The summed E-state index contributed by atoms with van der Waals surface area (Å²) in [5.74, 6) is 0.0278. The highest BCUT2D eigenvalue weighted by Crippen LogP contribution is 2.43. The molecule has 0 bridgehead atoms. The maximum absolute atomic E-state index is 14.3. The summed E-state index contributed by atoms with van der Waals surface area (Å²) in [6, 6.07) is 0.